The average molecular weight is 421 g/mol. The topological polar surface area (TPSA) is 101 Å². The fourth-order valence-corrected chi connectivity index (χ4v) is 3.30. The second-order valence-corrected chi connectivity index (χ2v) is 8.49. The number of carbonyl (C=O) groups excluding carboxylic acids is 2. The van der Waals surface area contributed by atoms with Gasteiger partial charge in [-0.1, -0.05) is 11.6 Å². The number of nitrogens with zero attached hydrogens (tertiary/aromatic N) is 5. The Kier molecular flexibility index (Phi) is 5.79. The first-order valence-electron chi connectivity index (χ1n) is 9.35. The molecule has 2 amide bonds. The Morgan fingerprint density at radius 3 is 2.72 bits per heavy atom. The molecular weight excluding hydrogens is 396 g/mol. The van der Waals surface area contributed by atoms with Gasteiger partial charge in [-0.05, 0) is 33.3 Å². The second kappa shape index (κ2) is 7.98. The lowest BCUT2D eigenvalue weighted by Crippen LogP contribution is -2.42. The fraction of sp³-hybridized carbons (Fsp3) is 0.526. The third-order valence-corrected chi connectivity index (χ3v) is 4.67. The molecule has 9 nitrogen and oxygen atoms in total. The van der Waals surface area contributed by atoms with Gasteiger partial charge in [-0.25, -0.2) is 14.8 Å². The zero-order chi connectivity index (χ0) is 21.3. The van der Waals surface area contributed by atoms with E-state index in [2.05, 4.69) is 20.3 Å². The Morgan fingerprint density at radius 1 is 1.34 bits per heavy atom. The fourth-order valence-electron chi connectivity index (χ4n) is 3.15. The smallest absolute Gasteiger partial charge is 0.410 e. The van der Waals surface area contributed by atoms with Crippen LogP contribution in [0.4, 0.5) is 16.6 Å². The van der Waals surface area contributed by atoms with E-state index < -0.39 is 5.60 Å². The normalized spacial score (nSPS) is 16.8. The number of hydrogen-bond acceptors (Lipinski definition) is 7. The van der Waals surface area contributed by atoms with E-state index in [-0.39, 0.29) is 24.0 Å². The van der Waals surface area contributed by atoms with Crippen LogP contribution in [0.15, 0.2) is 12.3 Å². The zero-order valence-electron chi connectivity index (χ0n) is 17.2. The summed E-state index contributed by atoms with van der Waals surface area (Å²) in [4.78, 5) is 40.7. The summed E-state index contributed by atoms with van der Waals surface area (Å²) in [5, 5.41) is 3.06. The maximum absolute atomic E-state index is 12.4. The van der Waals surface area contributed by atoms with E-state index in [1.807, 2.05) is 25.7 Å². The van der Waals surface area contributed by atoms with E-state index in [0.29, 0.717) is 35.0 Å². The first-order chi connectivity index (χ1) is 13.5. The van der Waals surface area contributed by atoms with E-state index in [9.17, 15) is 9.59 Å². The second-order valence-electron chi connectivity index (χ2n) is 8.05. The van der Waals surface area contributed by atoms with E-state index in [4.69, 9.17) is 16.3 Å². The highest BCUT2D eigenvalue weighted by Gasteiger charge is 2.32. The van der Waals surface area contributed by atoms with Gasteiger partial charge in [-0.3, -0.25) is 10.1 Å². The Labute approximate surface area is 174 Å². The third kappa shape index (κ3) is 5.03. The molecule has 0 aliphatic carbocycles. The summed E-state index contributed by atoms with van der Waals surface area (Å²) in [5.74, 6) is 0.512. The number of ether oxygens (including phenoxy) is 1. The van der Waals surface area contributed by atoms with Crippen molar-refractivity contribution in [2.75, 3.05) is 30.4 Å². The average Bonchev–Trinajstić information content (AvgIpc) is 3.07. The Balaban J connectivity index is 1.87. The number of aromatic nitrogens is 3. The van der Waals surface area contributed by atoms with Crippen molar-refractivity contribution in [3.8, 4) is 0 Å². The quantitative estimate of drug-likeness (QED) is 0.814. The Bertz CT molecular complexity index is 945. The largest absolute Gasteiger partial charge is 0.444 e. The number of rotatable bonds is 3. The van der Waals surface area contributed by atoms with Crippen molar-refractivity contribution in [2.24, 2.45) is 0 Å². The van der Waals surface area contributed by atoms with Gasteiger partial charge in [0, 0.05) is 33.3 Å². The van der Waals surface area contributed by atoms with Crippen molar-refractivity contribution in [3.63, 3.8) is 0 Å². The highest BCUT2D eigenvalue weighted by atomic mass is 35.5. The number of fused-ring (bicyclic) bond motifs is 1. The molecule has 2 aromatic rings. The van der Waals surface area contributed by atoms with E-state index in [1.54, 1.807) is 18.0 Å². The lowest BCUT2D eigenvalue weighted by atomic mass is 10.2. The third-order valence-electron chi connectivity index (χ3n) is 4.46. The summed E-state index contributed by atoms with van der Waals surface area (Å²) in [7, 11) is 1.74. The van der Waals surface area contributed by atoms with Crippen molar-refractivity contribution in [1.82, 2.24) is 19.9 Å². The van der Waals surface area contributed by atoms with Crippen molar-refractivity contribution in [1.29, 1.82) is 0 Å². The van der Waals surface area contributed by atoms with E-state index >= 15 is 0 Å². The van der Waals surface area contributed by atoms with Gasteiger partial charge in [0.05, 0.1) is 16.6 Å². The minimum absolute atomic E-state index is 0.0358. The van der Waals surface area contributed by atoms with Crippen molar-refractivity contribution < 1.29 is 14.3 Å². The first-order valence-corrected chi connectivity index (χ1v) is 9.73. The molecular formula is C19H25ClN6O3. The number of anilines is 2. The highest BCUT2D eigenvalue weighted by Crippen LogP contribution is 2.29. The number of amides is 2. The molecule has 0 aromatic carbocycles. The van der Waals surface area contributed by atoms with Crippen LogP contribution in [0.3, 0.4) is 0 Å². The van der Waals surface area contributed by atoms with Crippen molar-refractivity contribution >= 4 is 46.4 Å². The number of pyridine rings is 1. The van der Waals surface area contributed by atoms with E-state index in [0.717, 1.165) is 6.42 Å². The summed E-state index contributed by atoms with van der Waals surface area (Å²) in [6, 6.07) is 1.65. The van der Waals surface area contributed by atoms with Crippen molar-refractivity contribution in [2.45, 2.75) is 45.8 Å². The standard InChI is InChI=1S/C19H25ClN6O3/c1-11(27)22-17-23-14-8-12(20)9-21-15(14)16(24-17)26-7-6-13(10-26)25(5)18(28)29-19(2,3)4/h8-9,13H,6-7,10H2,1-5H3,(H,22,23,24,27). The minimum Gasteiger partial charge on any atom is -0.444 e. The van der Waals surface area contributed by atoms with Gasteiger partial charge >= 0.3 is 6.09 Å². The van der Waals surface area contributed by atoms with Crippen LogP contribution in [0.2, 0.25) is 5.02 Å². The summed E-state index contributed by atoms with van der Waals surface area (Å²) < 4.78 is 5.47. The van der Waals surface area contributed by atoms with Crippen LogP contribution in [-0.4, -0.2) is 63.6 Å². The van der Waals surface area contributed by atoms with Gasteiger partial charge < -0.3 is 14.5 Å². The Morgan fingerprint density at radius 2 is 2.07 bits per heavy atom. The molecule has 2 aromatic heterocycles. The molecule has 0 saturated carbocycles. The summed E-state index contributed by atoms with van der Waals surface area (Å²) in [6.07, 6.45) is 1.93. The molecule has 1 aliphatic heterocycles. The van der Waals surface area contributed by atoms with Gasteiger partial charge in [-0.2, -0.15) is 4.98 Å². The molecule has 1 unspecified atom stereocenters. The monoisotopic (exact) mass is 420 g/mol. The molecule has 156 valence electrons. The van der Waals surface area contributed by atoms with Gasteiger partial charge in [0.25, 0.3) is 0 Å². The van der Waals surface area contributed by atoms with Gasteiger partial charge in [-0.15, -0.1) is 0 Å². The van der Waals surface area contributed by atoms with E-state index in [1.165, 1.54) is 13.1 Å². The number of carbonyl (C=O) groups is 2. The molecule has 3 heterocycles. The van der Waals surface area contributed by atoms with Crippen LogP contribution >= 0.6 is 11.6 Å². The SMILES string of the molecule is CC(=O)Nc1nc(N2CCC(N(C)C(=O)OC(C)(C)C)C2)c2ncc(Cl)cc2n1. The van der Waals surface area contributed by atoms with Gasteiger partial charge in [0.2, 0.25) is 11.9 Å². The number of halogens is 1. The molecule has 0 radical (unpaired) electrons. The highest BCUT2D eigenvalue weighted by molar-refractivity contribution is 6.31. The van der Waals surface area contributed by atoms with Gasteiger partial charge in [0.1, 0.15) is 11.1 Å². The predicted molar refractivity (Wildman–Crippen MR) is 111 cm³/mol. The number of nitrogens with one attached hydrogen (secondary N) is 1. The minimum atomic E-state index is -0.553. The predicted octanol–water partition coefficient (Wildman–Crippen LogP) is 3.08. The molecule has 0 spiro atoms. The lowest BCUT2D eigenvalue weighted by molar-refractivity contribution is -0.114. The molecule has 1 saturated heterocycles. The first kappa shape index (κ1) is 21.0. The molecule has 0 bridgehead atoms. The van der Waals surface area contributed by atoms with Crippen molar-refractivity contribution in [3.05, 3.63) is 17.3 Å². The maximum atomic E-state index is 12.4. The number of likely N-dealkylation sites (N-methyl/N-ethyl adjacent to an activating group) is 1. The summed E-state index contributed by atoms with van der Waals surface area (Å²) in [6.45, 7) is 8.15. The molecule has 1 N–H and O–H groups in total. The molecule has 1 atom stereocenters. The summed E-state index contributed by atoms with van der Waals surface area (Å²) >= 11 is 6.06. The molecule has 10 heteroatoms. The van der Waals surface area contributed by atoms with Crippen LogP contribution in [0.5, 0.6) is 0 Å². The summed E-state index contributed by atoms with van der Waals surface area (Å²) in [5.41, 5.74) is 0.572. The molecule has 29 heavy (non-hydrogen) atoms. The lowest BCUT2D eigenvalue weighted by Gasteiger charge is -2.28. The van der Waals surface area contributed by atoms with Crippen LogP contribution in [0, 0.1) is 0 Å². The zero-order valence-corrected chi connectivity index (χ0v) is 17.9. The molecule has 1 fully saturated rings. The van der Waals surface area contributed by atoms with Gasteiger partial charge in [0.15, 0.2) is 5.82 Å². The molecule has 1 aliphatic rings. The van der Waals surface area contributed by atoms with Crippen LogP contribution in [0.25, 0.3) is 11.0 Å². The number of hydrogen-bond donors (Lipinski definition) is 1. The van der Waals surface area contributed by atoms with Crippen LogP contribution in [-0.2, 0) is 9.53 Å². The Hall–Kier alpha value is -2.68. The molecule has 3 rings (SSSR count). The van der Waals surface area contributed by atoms with Crippen LogP contribution in [0.1, 0.15) is 34.1 Å². The van der Waals surface area contributed by atoms with Crippen LogP contribution < -0.4 is 10.2 Å². The maximum Gasteiger partial charge on any atom is 0.410 e.